The van der Waals surface area contributed by atoms with Crippen LogP contribution in [0, 0.1) is 0 Å². The number of benzene rings is 1. The summed E-state index contributed by atoms with van der Waals surface area (Å²) in [5.74, 6) is 0.618. The van der Waals surface area contributed by atoms with E-state index in [1.165, 1.54) is 12.0 Å². The van der Waals surface area contributed by atoms with Crippen LogP contribution in [-0.2, 0) is 0 Å². The van der Waals surface area contributed by atoms with E-state index in [4.69, 9.17) is 5.11 Å². The lowest BCUT2D eigenvalue weighted by molar-refractivity contribution is 0.281. The third kappa shape index (κ3) is 3.60. The first-order valence-electron chi connectivity index (χ1n) is 5.00. The molecule has 1 aromatic carbocycles. The number of aliphatic hydroxyl groups is 1. The summed E-state index contributed by atoms with van der Waals surface area (Å²) in [7, 11) is 0. The summed E-state index contributed by atoms with van der Waals surface area (Å²) < 4.78 is 0. The van der Waals surface area contributed by atoms with Crippen molar-refractivity contribution in [2.75, 3.05) is 6.61 Å². The third-order valence-corrected chi connectivity index (χ3v) is 2.41. The van der Waals surface area contributed by atoms with Gasteiger partial charge in [-0.05, 0) is 24.3 Å². The molecule has 0 bridgehead atoms. The van der Waals surface area contributed by atoms with Crippen molar-refractivity contribution < 1.29 is 5.11 Å². The molecule has 0 amide bonds. The molecule has 0 radical (unpaired) electrons. The van der Waals surface area contributed by atoms with Gasteiger partial charge in [-0.25, -0.2) is 0 Å². The van der Waals surface area contributed by atoms with E-state index in [2.05, 4.69) is 31.2 Å². The number of hydrogen-bond donors (Lipinski definition) is 1. The zero-order valence-corrected chi connectivity index (χ0v) is 8.24. The lowest BCUT2D eigenvalue weighted by Crippen LogP contribution is -1.94. The molecule has 1 N–H and O–H groups in total. The Morgan fingerprint density at radius 3 is 2.46 bits per heavy atom. The zero-order chi connectivity index (χ0) is 9.52. The van der Waals surface area contributed by atoms with Crippen LogP contribution in [0.15, 0.2) is 30.3 Å². The Bertz CT molecular complexity index is 218. The quantitative estimate of drug-likeness (QED) is 0.687. The van der Waals surface area contributed by atoms with Gasteiger partial charge in [0.15, 0.2) is 0 Å². The fourth-order valence-electron chi connectivity index (χ4n) is 1.51. The van der Waals surface area contributed by atoms with E-state index in [-0.39, 0.29) is 0 Å². The second-order valence-corrected chi connectivity index (χ2v) is 3.53. The van der Waals surface area contributed by atoms with E-state index >= 15 is 0 Å². The summed E-state index contributed by atoms with van der Waals surface area (Å²) in [6.07, 6.45) is 3.22. The Balaban J connectivity index is 2.35. The van der Waals surface area contributed by atoms with Crippen LogP contribution < -0.4 is 0 Å². The fraction of sp³-hybridized carbons (Fsp3) is 0.500. The van der Waals surface area contributed by atoms with Gasteiger partial charge < -0.3 is 5.11 Å². The molecular weight excluding hydrogens is 160 g/mol. The zero-order valence-electron chi connectivity index (χ0n) is 8.24. The summed E-state index contributed by atoms with van der Waals surface area (Å²) in [6.45, 7) is 2.56. The van der Waals surface area contributed by atoms with E-state index in [0.717, 1.165) is 12.8 Å². The highest BCUT2D eigenvalue weighted by Gasteiger charge is 2.03. The highest BCUT2D eigenvalue weighted by atomic mass is 16.2. The minimum absolute atomic E-state index is 0.321. The van der Waals surface area contributed by atoms with Crippen molar-refractivity contribution in [1.82, 2.24) is 0 Å². The maximum atomic E-state index is 8.65. The molecule has 1 heteroatoms. The Kier molecular flexibility index (Phi) is 4.55. The van der Waals surface area contributed by atoms with E-state index < -0.39 is 0 Å². The summed E-state index contributed by atoms with van der Waals surface area (Å²) in [4.78, 5) is 0. The van der Waals surface area contributed by atoms with Crippen LogP contribution >= 0.6 is 0 Å². The molecule has 0 spiro atoms. The smallest absolute Gasteiger partial charge is 0.0431 e. The van der Waals surface area contributed by atoms with Crippen molar-refractivity contribution in [2.24, 2.45) is 0 Å². The van der Waals surface area contributed by atoms with Gasteiger partial charge in [-0.1, -0.05) is 43.7 Å². The normalized spacial score (nSPS) is 12.8. The van der Waals surface area contributed by atoms with E-state index in [1.54, 1.807) is 0 Å². The molecule has 1 atom stereocenters. The van der Waals surface area contributed by atoms with Gasteiger partial charge in [0.2, 0.25) is 0 Å². The van der Waals surface area contributed by atoms with Gasteiger partial charge in [-0.15, -0.1) is 0 Å². The second-order valence-electron chi connectivity index (χ2n) is 3.53. The van der Waals surface area contributed by atoms with Crippen LogP contribution in [0.5, 0.6) is 0 Å². The lowest BCUT2D eigenvalue weighted by Gasteiger charge is -2.10. The molecule has 0 unspecified atom stereocenters. The Morgan fingerprint density at radius 2 is 1.85 bits per heavy atom. The molecule has 0 aromatic heterocycles. The minimum atomic E-state index is 0.321. The lowest BCUT2D eigenvalue weighted by atomic mass is 9.96. The molecule has 0 heterocycles. The van der Waals surface area contributed by atoms with Crippen molar-refractivity contribution in [3.8, 4) is 0 Å². The van der Waals surface area contributed by atoms with E-state index in [0.29, 0.717) is 12.5 Å². The summed E-state index contributed by atoms with van der Waals surface area (Å²) in [5.41, 5.74) is 1.40. The predicted molar refractivity (Wildman–Crippen MR) is 55.8 cm³/mol. The average molecular weight is 178 g/mol. The predicted octanol–water partition coefficient (Wildman–Crippen LogP) is 2.95. The van der Waals surface area contributed by atoms with Gasteiger partial charge in [0.25, 0.3) is 0 Å². The van der Waals surface area contributed by atoms with Gasteiger partial charge in [0.05, 0.1) is 0 Å². The van der Waals surface area contributed by atoms with Crippen molar-refractivity contribution >= 4 is 0 Å². The van der Waals surface area contributed by atoms with Crippen molar-refractivity contribution in [1.29, 1.82) is 0 Å². The molecule has 0 aliphatic rings. The van der Waals surface area contributed by atoms with Crippen molar-refractivity contribution in [2.45, 2.75) is 32.1 Å². The summed E-state index contributed by atoms with van der Waals surface area (Å²) in [6, 6.07) is 10.5. The van der Waals surface area contributed by atoms with Gasteiger partial charge in [0, 0.05) is 6.61 Å². The van der Waals surface area contributed by atoms with Crippen LogP contribution in [-0.4, -0.2) is 11.7 Å². The molecule has 0 saturated carbocycles. The molecule has 0 aliphatic carbocycles. The van der Waals surface area contributed by atoms with Gasteiger partial charge >= 0.3 is 0 Å². The number of unbranched alkanes of at least 4 members (excludes halogenated alkanes) is 1. The van der Waals surface area contributed by atoms with E-state index in [1.807, 2.05) is 6.07 Å². The summed E-state index contributed by atoms with van der Waals surface area (Å²) >= 11 is 0. The van der Waals surface area contributed by atoms with Crippen LogP contribution in [0.4, 0.5) is 0 Å². The highest BCUT2D eigenvalue weighted by molar-refractivity contribution is 5.18. The Labute approximate surface area is 80.4 Å². The third-order valence-electron chi connectivity index (χ3n) is 2.41. The number of aliphatic hydroxyl groups excluding tert-OH is 1. The maximum Gasteiger partial charge on any atom is 0.0431 e. The monoisotopic (exact) mass is 178 g/mol. The number of hydrogen-bond acceptors (Lipinski definition) is 1. The standard InChI is InChI=1S/C12H18O/c1-11(7-5-6-10-13)12-8-3-2-4-9-12/h2-4,8-9,11,13H,5-7,10H2,1H3/t11-/m0/s1. The molecule has 0 fully saturated rings. The molecule has 72 valence electrons. The van der Waals surface area contributed by atoms with Crippen molar-refractivity contribution in [3.63, 3.8) is 0 Å². The first-order chi connectivity index (χ1) is 6.34. The molecule has 0 saturated heterocycles. The van der Waals surface area contributed by atoms with Gasteiger partial charge in [-0.2, -0.15) is 0 Å². The first-order valence-corrected chi connectivity index (χ1v) is 5.00. The van der Waals surface area contributed by atoms with Gasteiger partial charge in [-0.3, -0.25) is 0 Å². The topological polar surface area (TPSA) is 20.2 Å². The van der Waals surface area contributed by atoms with Crippen molar-refractivity contribution in [3.05, 3.63) is 35.9 Å². The average Bonchev–Trinajstić information content (AvgIpc) is 2.19. The number of rotatable bonds is 5. The molecule has 13 heavy (non-hydrogen) atoms. The molecular formula is C12H18O. The van der Waals surface area contributed by atoms with Crippen LogP contribution in [0.2, 0.25) is 0 Å². The van der Waals surface area contributed by atoms with Crippen LogP contribution in [0.3, 0.4) is 0 Å². The van der Waals surface area contributed by atoms with E-state index in [9.17, 15) is 0 Å². The Morgan fingerprint density at radius 1 is 1.15 bits per heavy atom. The molecule has 1 aromatic rings. The molecule has 0 aliphatic heterocycles. The first kappa shape index (κ1) is 10.3. The maximum absolute atomic E-state index is 8.65. The van der Waals surface area contributed by atoms with Gasteiger partial charge in [0.1, 0.15) is 0 Å². The fourth-order valence-corrected chi connectivity index (χ4v) is 1.51. The highest BCUT2D eigenvalue weighted by Crippen LogP contribution is 2.20. The summed E-state index contributed by atoms with van der Waals surface area (Å²) in [5, 5.41) is 8.65. The minimum Gasteiger partial charge on any atom is -0.396 e. The molecule has 1 rings (SSSR count). The SMILES string of the molecule is C[C@@H](CCCCO)c1ccccc1. The largest absolute Gasteiger partial charge is 0.396 e. The van der Waals surface area contributed by atoms with Crippen LogP contribution in [0.25, 0.3) is 0 Å². The Hall–Kier alpha value is -0.820. The second kappa shape index (κ2) is 5.76. The molecule has 1 nitrogen and oxygen atoms in total. The van der Waals surface area contributed by atoms with Crippen LogP contribution in [0.1, 0.15) is 37.7 Å².